The number of aliphatic hydroxyl groups excluding tert-OH is 1. The highest BCUT2D eigenvalue weighted by Gasteiger charge is 2.14. The van der Waals surface area contributed by atoms with Gasteiger partial charge in [-0.05, 0) is 34.7 Å². The number of halogens is 2. The first-order chi connectivity index (χ1) is 8.99. The van der Waals surface area contributed by atoms with E-state index in [1.165, 1.54) is 5.56 Å². The van der Waals surface area contributed by atoms with Crippen molar-refractivity contribution in [2.45, 2.75) is 25.9 Å². The lowest BCUT2D eigenvalue weighted by Gasteiger charge is -2.15. The highest BCUT2D eigenvalue weighted by Crippen LogP contribution is 2.31. The van der Waals surface area contributed by atoms with Gasteiger partial charge in [0.25, 0.3) is 0 Å². The summed E-state index contributed by atoms with van der Waals surface area (Å²) in [6.07, 6.45) is -0.608. The third kappa shape index (κ3) is 3.47. The zero-order chi connectivity index (χ0) is 14.0. The van der Waals surface area contributed by atoms with Gasteiger partial charge in [-0.3, -0.25) is 0 Å². The van der Waals surface area contributed by atoms with Crippen LogP contribution < -0.4 is 0 Å². The Hall–Kier alpha value is -0.640. The molecule has 0 aliphatic rings. The fourth-order valence-corrected chi connectivity index (χ4v) is 3.23. The quantitative estimate of drug-likeness (QED) is 0.750. The normalized spacial score (nSPS) is 12.7. The molecular formula is C16H16Br2O. The summed E-state index contributed by atoms with van der Waals surface area (Å²) in [6.45, 7) is 4.33. The Morgan fingerprint density at radius 3 is 2.00 bits per heavy atom. The second-order valence-electron chi connectivity index (χ2n) is 4.89. The third-order valence-corrected chi connectivity index (χ3v) is 4.36. The van der Waals surface area contributed by atoms with Crippen molar-refractivity contribution < 1.29 is 5.11 Å². The average molecular weight is 384 g/mol. The third-order valence-electron chi connectivity index (χ3n) is 3.18. The Morgan fingerprint density at radius 1 is 0.895 bits per heavy atom. The van der Waals surface area contributed by atoms with E-state index < -0.39 is 6.10 Å². The summed E-state index contributed by atoms with van der Waals surface area (Å²) in [7, 11) is 0. The SMILES string of the molecule is CC(C)c1ccc(C(O)c2ccc(Br)cc2Br)cc1. The fraction of sp³-hybridized carbons (Fsp3) is 0.250. The van der Waals surface area contributed by atoms with Crippen LogP contribution in [0.25, 0.3) is 0 Å². The molecule has 3 heteroatoms. The lowest BCUT2D eigenvalue weighted by Crippen LogP contribution is -2.01. The molecule has 1 atom stereocenters. The number of hydrogen-bond donors (Lipinski definition) is 1. The molecule has 0 saturated carbocycles. The van der Waals surface area contributed by atoms with Crippen molar-refractivity contribution in [1.29, 1.82) is 0 Å². The van der Waals surface area contributed by atoms with Crippen LogP contribution in [0.15, 0.2) is 51.4 Å². The lowest BCUT2D eigenvalue weighted by atomic mass is 9.97. The minimum atomic E-state index is -0.608. The van der Waals surface area contributed by atoms with Crippen LogP contribution >= 0.6 is 31.9 Å². The Bertz CT molecular complexity index is 561. The first kappa shape index (κ1) is 14.8. The van der Waals surface area contributed by atoms with E-state index in [1.54, 1.807) is 0 Å². The van der Waals surface area contributed by atoms with Crippen molar-refractivity contribution in [2.75, 3.05) is 0 Å². The van der Waals surface area contributed by atoms with E-state index >= 15 is 0 Å². The summed E-state index contributed by atoms with van der Waals surface area (Å²) < 4.78 is 1.90. The molecule has 0 saturated heterocycles. The van der Waals surface area contributed by atoms with E-state index in [9.17, 15) is 5.11 Å². The summed E-state index contributed by atoms with van der Waals surface area (Å²) in [4.78, 5) is 0. The Balaban J connectivity index is 2.30. The minimum Gasteiger partial charge on any atom is -0.384 e. The zero-order valence-corrected chi connectivity index (χ0v) is 14.1. The van der Waals surface area contributed by atoms with Gasteiger partial charge in [-0.2, -0.15) is 0 Å². The number of benzene rings is 2. The van der Waals surface area contributed by atoms with Crippen molar-refractivity contribution in [1.82, 2.24) is 0 Å². The number of aliphatic hydroxyl groups is 1. The van der Waals surface area contributed by atoms with E-state index in [2.05, 4.69) is 57.8 Å². The fourth-order valence-electron chi connectivity index (χ4n) is 1.97. The highest BCUT2D eigenvalue weighted by atomic mass is 79.9. The molecule has 0 aromatic heterocycles. The largest absolute Gasteiger partial charge is 0.384 e. The van der Waals surface area contributed by atoms with Gasteiger partial charge in [0, 0.05) is 8.95 Å². The maximum absolute atomic E-state index is 10.4. The lowest BCUT2D eigenvalue weighted by molar-refractivity contribution is 0.219. The molecule has 1 nitrogen and oxygen atoms in total. The second-order valence-corrected chi connectivity index (χ2v) is 6.66. The molecule has 2 aromatic rings. The number of hydrogen-bond acceptors (Lipinski definition) is 1. The standard InChI is InChI=1S/C16H16Br2O/c1-10(2)11-3-5-12(6-4-11)16(19)14-8-7-13(17)9-15(14)18/h3-10,16,19H,1-2H3. The summed E-state index contributed by atoms with van der Waals surface area (Å²) in [5, 5.41) is 10.4. The molecule has 1 N–H and O–H groups in total. The molecule has 0 amide bonds. The molecule has 1 unspecified atom stereocenters. The zero-order valence-electron chi connectivity index (χ0n) is 10.9. The summed E-state index contributed by atoms with van der Waals surface area (Å²) in [5.41, 5.74) is 3.07. The van der Waals surface area contributed by atoms with Crippen molar-refractivity contribution in [3.63, 3.8) is 0 Å². The average Bonchev–Trinajstić information content (AvgIpc) is 2.38. The molecule has 0 radical (unpaired) electrons. The minimum absolute atomic E-state index is 0.505. The topological polar surface area (TPSA) is 20.2 Å². The number of rotatable bonds is 3. The Labute approximate surface area is 130 Å². The van der Waals surface area contributed by atoms with Gasteiger partial charge >= 0.3 is 0 Å². The van der Waals surface area contributed by atoms with E-state index in [1.807, 2.05) is 30.3 Å². The maximum atomic E-state index is 10.4. The van der Waals surface area contributed by atoms with Crippen LogP contribution in [0.5, 0.6) is 0 Å². The van der Waals surface area contributed by atoms with Crippen molar-refractivity contribution in [2.24, 2.45) is 0 Å². The molecule has 0 heterocycles. The molecule has 0 bridgehead atoms. The van der Waals surface area contributed by atoms with E-state index in [4.69, 9.17) is 0 Å². The van der Waals surface area contributed by atoms with Gasteiger partial charge in [0.1, 0.15) is 6.10 Å². The smallest absolute Gasteiger partial charge is 0.105 e. The van der Waals surface area contributed by atoms with Gasteiger partial charge in [-0.25, -0.2) is 0 Å². The van der Waals surface area contributed by atoms with E-state index in [-0.39, 0.29) is 0 Å². The summed E-state index contributed by atoms with van der Waals surface area (Å²) in [6, 6.07) is 14.0. The molecule has 0 aliphatic carbocycles. The molecule has 2 aromatic carbocycles. The van der Waals surface area contributed by atoms with Gasteiger partial charge in [-0.1, -0.05) is 76.0 Å². The molecule has 2 rings (SSSR count). The van der Waals surface area contributed by atoms with Gasteiger partial charge < -0.3 is 5.11 Å². The molecule has 0 spiro atoms. The van der Waals surface area contributed by atoms with Crippen LogP contribution in [-0.2, 0) is 0 Å². The molecule has 0 aliphatic heterocycles. The predicted octanol–water partition coefficient (Wildman–Crippen LogP) is 5.42. The Kier molecular flexibility index (Phi) is 4.82. The maximum Gasteiger partial charge on any atom is 0.105 e. The molecule has 19 heavy (non-hydrogen) atoms. The van der Waals surface area contributed by atoms with Gasteiger partial charge in [0.15, 0.2) is 0 Å². The first-order valence-corrected chi connectivity index (χ1v) is 7.80. The van der Waals surface area contributed by atoms with E-state index in [0.717, 1.165) is 20.1 Å². The Morgan fingerprint density at radius 2 is 1.47 bits per heavy atom. The van der Waals surface area contributed by atoms with Crippen LogP contribution in [0.2, 0.25) is 0 Å². The monoisotopic (exact) mass is 382 g/mol. The van der Waals surface area contributed by atoms with Crippen molar-refractivity contribution >= 4 is 31.9 Å². The molecule has 0 fully saturated rings. The second kappa shape index (κ2) is 6.21. The van der Waals surface area contributed by atoms with Crippen molar-refractivity contribution in [3.05, 3.63) is 68.1 Å². The van der Waals surface area contributed by atoms with Crippen LogP contribution in [0.3, 0.4) is 0 Å². The first-order valence-electron chi connectivity index (χ1n) is 6.22. The molecule has 100 valence electrons. The van der Waals surface area contributed by atoms with Crippen molar-refractivity contribution in [3.8, 4) is 0 Å². The van der Waals surface area contributed by atoms with Crippen LogP contribution in [0.4, 0.5) is 0 Å². The molecular weight excluding hydrogens is 368 g/mol. The van der Waals surface area contributed by atoms with Crippen LogP contribution in [0, 0.1) is 0 Å². The van der Waals surface area contributed by atoms with Crippen LogP contribution in [-0.4, -0.2) is 5.11 Å². The highest BCUT2D eigenvalue weighted by molar-refractivity contribution is 9.11. The summed E-state index contributed by atoms with van der Waals surface area (Å²) in [5.74, 6) is 0.505. The van der Waals surface area contributed by atoms with Gasteiger partial charge in [-0.15, -0.1) is 0 Å². The summed E-state index contributed by atoms with van der Waals surface area (Å²) >= 11 is 6.91. The van der Waals surface area contributed by atoms with Crippen LogP contribution in [0.1, 0.15) is 42.6 Å². The van der Waals surface area contributed by atoms with E-state index in [0.29, 0.717) is 5.92 Å². The van der Waals surface area contributed by atoms with Gasteiger partial charge in [0.05, 0.1) is 0 Å². The predicted molar refractivity (Wildman–Crippen MR) is 86.4 cm³/mol. The van der Waals surface area contributed by atoms with Gasteiger partial charge in [0.2, 0.25) is 0 Å².